The quantitative estimate of drug-likeness (QED) is 0.0556. The van der Waals surface area contributed by atoms with Gasteiger partial charge in [-0.2, -0.15) is 0 Å². The molecule has 0 saturated carbocycles. The molecule has 4 unspecified atom stereocenters. The van der Waals surface area contributed by atoms with E-state index in [4.69, 9.17) is 28.7 Å². The molecule has 0 fully saturated rings. The highest BCUT2D eigenvalue weighted by Gasteiger charge is 2.31. The Labute approximate surface area is 196 Å². The lowest BCUT2D eigenvalue weighted by Crippen LogP contribution is -2.59. The molecule has 0 saturated heterocycles. The van der Waals surface area contributed by atoms with Crippen molar-refractivity contribution in [1.82, 2.24) is 16.0 Å². The average molecular weight is 489 g/mol. The van der Waals surface area contributed by atoms with Crippen molar-refractivity contribution < 1.29 is 29.4 Å². The van der Waals surface area contributed by atoms with Gasteiger partial charge in [-0.1, -0.05) is 0 Å². The van der Waals surface area contributed by atoms with E-state index >= 15 is 0 Å². The van der Waals surface area contributed by atoms with Crippen LogP contribution in [0.15, 0.2) is 9.98 Å². The zero-order valence-electron chi connectivity index (χ0n) is 19.1. The summed E-state index contributed by atoms with van der Waals surface area (Å²) < 4.78 is 0. The van der Waals surface area contributed by atoms with Gasteiger partial charge in [-0.15, -0.1) is 0 Å². The average Bonchev–Trinajstić information content (AvgIpc) is 2.74. The SMILES string of the molecule is CC(O)C(NC(=O)C(CCCN=C(N)N)NC(=O)CN)C(=O)NC(CCCN=C(N)N)C(=O)O. The number of carboxylic acid groups (broad SMARTS) is 1. The Balaban J connectivity index is 5.26. The van der Waals surface area contributed by atoms with E-state index in [0.717, 1.165) is 0 Å². The second-order valence-corrected chi connectivity index (χ2v) is 7.35. The maximum absolute atomic E-state index is 12.7. The van der Waals surface area contributed by atoms with Gasteiger partial charge in [0.1, 0.15) is 18.1 Å². The van der Waals surface area contributed by atoms with Gasteiger partial charge in [-0.3, -0.25) is 24.4 Å². The van der Waals surface area contributed by atoms with Crippen LogP contribution in [-0.4, -0.2) is 89.7 Å². The van der Waals surface area contributed by atoms with Gasteiger partial charge in [-0.25, -0.2) is 4.79 Å². The molecule has 15 N–H and O–H groups in total. The summed E-state index contributed by atoms with van der Waals surface area (Å²) in [6.07, 6.45) is -0.719. The molecule has 0 aromatic rings. The van der Waals surface area contributed by atoms with Crippen molar-refractivity contribution >= 4 is 35.6 Å². The van der Waals surface area contributed by atoms with E-state index < -0.39 is 47.9 Å². The fourth-order valence-electron chi connectivity index (χ4n) is 2.71. The maximum Gasteiger partial charge on any atom is 0.326 e. The van der Waals surface area contributed by atoms with Crippen LogP contribution in [0, 0.1) is 0 Å². The Hall–Kier alpha value is -3.66. The van der Waals surface area contributed by atoms with Gasteiger partial charge in [0.15, 0.2) is 11.9 Å². The molecule has 194 valence electrons. The molecular weight excluding hydrogens is 452 g/mol. The number of nitrogens with one attached hydrogen (secondary N) is 3. The first kappa shape index (κ1) is 30.3. The summed E-state index contributed by atoms with van der Waals surface area (Å²) in [5.41, 5.74) is 26.2. The van der Waals surface area contributed by atoms with Gasteiger partial charge in [-0.05, 0) is 32.6 Å². The van der Waals surface area contributed by atoms with Crippen LogP contribution in [0.3, 0.4) is 0 Å². The summed E-state index contributed by atoms with van der Waals surface area (Å²) in [5, 5.41) is 26.4. The first-order valence-corrected chi connectivity index (χ1v) is 10.5. The fourth-order valence-corrected chi connectivity index (χ4v) is 2.71. The Kier molecular flexibility index (Phi) is 14.3. The van der Waals surface area contributed by atoms with Crippen LogP contribution < -0.4 is 44.6 Å². The van der Waals surface area contributed by atoms with E-state index in [1.165, 1.54) is 6.92 Å². The number of aliphatic hydroxyl groups excluding tert-OH is 1. The van der Waals surface area contributed by atoms with Crippen LogP contribution in [0.1, 0.15) is 32.6 Å². The predicted octanol–water partition coefficient (Wildman–Crippen LogP) is -5.03. The Morgan fingerprint density at radius 1 is 0.824 bits per heavy atom. The van der Waals surface area contributed by atoms with E-state index in [0.29, 0.717) is 6.42 Å². The highest BCUT2D eigenvalue weighted by Crippen LogP contribution is 2.04. The van der Waals surface area contributed by atoms with E-state index in [9.17, 15) is 29.4 Å². The number of carbonyl (C=O) groups excluding carboxylic acids is 3. The number of aliphatic imine (C=N–C) groups is 2. The minimum absolute atomic E-state index is 0.00168. The molecule has 0 radical (unpaired) electrons. The number of hydrogen-bond acceptors (Lipinski definition) is 8. The molecule has 3 amide bonds. The Bertz CT molecular complexity index is 750. The van der Waals surface area contributed by atoms with Gasteiger partial charge < -0.3 is 54.8 Å². The van der Waals surface area contributed by atoms with Crippen molar-refractivity contribution in [3.8, 4) is 0 Å². The largest absolute Gasteiger partial charge is 0.480 e. The van der Waals surface area contributed by atoms with Crippen LogP contribution >= 0.6 is 0 Å². The molecule has 0 aliphatic heterocycles. The highest BCUT2D eigenvalue weighted by atomic mass is 16.4. The van der Waals surface area contributed by atoms with Crippen molar-refractivity contribution in [2.45, 2.75) is 56.8 Å². The maximum atomic E-state index is 12.7. The van der Waals surface area contributed by atoms with Crippen molar-refractivity contribution in [1.29, 1.82) is 0 Å². The number of nitrogens with zero attached hydrogens (tertiary/aromatic N) is 2. The molecule has 16 heteroatoms. The third kappa shape index (κ3) is 13.0. The number of carboxylic acids is 1. The lowest BCUT2D eigenvalue weighted by atomic mass is 10.1. The molecule has 0 heterocycles. The summed E-state index contributed by atoms with van der Waals surface area (Å²) in [7, 11) is 0. The van der Waals surface area contributed by atoms with E-state index in [1.807, 2.05) is 0 Å². The molecule has 0 aliphatic carbocycles. The third-order valence-corrected chi connectivity index (χ3v) is 4.40. The molecule has 34 heavy (non-hydrogen) atoms. The zero-order chi connectivity index (χ0) is 26.3. The van der Waals surface area contributed by atoms with Crippen molar-refractivity contribution in [2.24, 2.45) is 38.7 Å². The van der Waals surface area contributed by atoms with Crippen LogP contribution in [-0.2, 0) is 19.2 Å². The van der Waals surface area contributed by atoms with E-state index in [-0.39, 0.29) is 50.8 Å². The van der Waals surface area contributed by atoms with Crippen LogP contribution in [0.4, 0.5) is 0 Å². The summed E-state index contributed by atoms with van der Waals surface area (Å²) in [5.74, 6) is -3.94. The summed E-state index contributed by atoms with van der Waals surface area (Å²) in [6.45, 7) is 1.20. The van der Waals surface area contributed by atoms with Gasteiger partial charge in [0.2, 0.25) is 17.7 Å². The fraction of sp³-hybridized carbons (Fsp3) is 0.667. The monoisotopic (exact) mass is 488 g/mol. The minimum atomic E-state index is -1.50. The molecule has 4 atom stereocenters. The molecular formula is C18H36N10O6. The normalized spacial score (nSPS) is 14.0. The lowest BCUT2D eigenvalue weighted by molar-refractivity contribution is -0.143. The molecule has 0 bridgehead atoms. The van der Waals surface area contributed by atoms with E-state index in [1.54, 1.807) is 0 Å². The summed E-state index contributed by atoms with van der Waals surface area (Å²) in [6, 6.07) is -3.91. The third-order valence-electron chi connectivity index (χ3n) is 4.40. The summed E-state index contributed by atoms with van der Waals surface area (Å²) >= 11 is 0. The number of nitrogens with two attached hydrogens (primary N) is 5. The predicted molar refractivity (Wildman–Crippen MR) is 124 cm³/mol. The zero-order valence-corrected chi connectivity index (χ0v) is 19.1. The van der Waals surface area contributed by atoms with Gasteiger partial charge in [0, 0.05) is 13.1 Å². The van der Waals surface area contributed by atoms with Crippen LogP contribution in [0.25, 0.3) is 0 Å². The van der Waals surface area contributed by atoms with Crippen molar-refractivity contribution in [2.75, 3.05) is 19.6 Å². The van der Waals surface area contributed by atoms with Crippen LogP contribution in [0.5, 0.6) is 0 Å². The number of aliphatic carboxylic acids is 1. The topological polar surface area (TPSA) is 300 Å². The smallest absolute Gasteiger partial charge is 0.326 e. The molecule has 0 aromatic carbocycles. The number of guanidine groups is 2. The molecule has 0 aromatic heterocycles. The van der Waals surface area contributed by atoms with Gasteiger partial charge >= 0.3 is 5.97 Å². The second kappa shape index (κ2) is 16.0. The van der Waals surface area contributed by atoms with Gasteiger partial charge in [0.25, 0.3) is 0 Å². The second-order valence-electron chi connectivity index (χ2n) is 7.35. The molecule has 16 nitrogen and oxygen atoms in total. The van der Waals surface area contributed by atoms with Gasteiger partial charge in [0.05, 0.1) is 12.6 Å². The molecule has 0 spiro atoms. The Morgan fingerprint density at radius 2 is 1.32 bits per heavy atom. The highest BCUT2D eigenvalue weighted by molar-refractivity contribution is 5.93. The van der Waals surface area contributed by atoms with Crippen molar-refractivity contribution in [3.05, 3.63) is 0 Å². The minimum Gasteiger partial charge on any atom is -0.480 e. The number of aliphatic hydroxyl groups is 1. The number of hydrogen-bond donors (Lipinski definition) is 10. The van der Waals surface area contributed by atoms with Crippen molar-refractivity contribution in [3.63, 3.8) is 0 Å². The Morgan fingerprint density at radius 3 is 1.74 bits per heavy atom. The number of carbonyl (C=O) groups is 4. The number of rotatable bonds is 16. The molecule has 0 aliphatic rings. The standard InChI is InChI=1S/C18H36N10O6/c1-9(29)13(15(32)27-11(16(33)34)5-3-7-25-18(22)23)28-14(31)10(26-12(30)8-19)4-2-6-24-17(20)21/h9-11,13,29H,2-8,19H2,1H3,(H,26,30)(H,27,32)(H,28,31)(H,33,34)(H4,20,21,24)(H4,22,23,25). The first-order valence-electron chi connectivity index (χ1n) is 10.5. The van der Waals surface area contributed by atoms with E-state index in [2.05, 4.69) is 25.9 Å². The lowest BCUT2D eigenvalue weighted by Gasteiger charge is -2.26. The first-order chi connectivity index (χ1) is 15.9. The molecule has 0 rings (SSSR count). The van der Waals surface area contributed by atoms with Crippen LogP contribution in [0.2, 0.25) is 0 Å². The number of amides is 3. The summed E-state index contributed by atoms with van der Waals surface area (Å²) in [4.78, 5) is 56.1.